The van der Waals surface area contributed by atoms with Crippen LogP contribution in [0.5, 0.6) is 0 Å². The average Bonchev–Trinajstić information content (AvgIpc) is 2.59. The molecule has 0 saturated carbocycles. The van der Waals surface area contributed by atoms with Gasteiger partial charge in [-0.25, -0.2) is 4.79 Å². The van der Waals surface area contributed by atoms with Crippen LogP contribution in [0.2, 0.25) is 0 Å². The summed E-state index contributed by atoms with van der Waals surface area (Å²) in [5.74, 6) is -0.167. The highest BCUT2D eigenvalue weighted by Crippen LogP contribution is 2.26. The van der Waals surface area contributed by atoms with Crippen molar-refractivity contribution in [1.82, 2.24) is 4.90 Å². The van der Waals surface area contributed by atoms with Gasteiger partial charge in [0.1, 0.15) is 0 Å². The molecule has 0 bridgehead atoms. The normalized spacial score (nSPS) is 15.8. The lowest BCUT2D eigenvalue weighted by Gasteiger charge is -2.31. The lowest BCUT2D eigenvalue weighted by Crippen LogP contribution is -2.42. The predicted molar refractivity (Wildman–Crippen MR) is 90.9 cm³/mol. The number of hydrogen-bond donors (Lipinski definition) is 1. The van der Waals surface area contributed by atoms with Crippen molar-refractivity contribution in [2.24, 2.45) is 5.92 Å². The smallest absolute Gasteiger partial charge is 0.422 e. The zero-order chi connectivity index (χ0) is 19.3. The Kier molecular flexibility index (Phi) is 6.50. The van der Waals surface area contributed by atoms with E-state index < -0.39 is 18.9 Å². The molecule has 26 heavy (non-hydrogen) atoms. The Balaban J connectivity index is 1.86. The fourth-order valence-electron chi connectivity index (χ4n) is 2.91. The Labute approximate surface area is 150 Å². The minimum absolute atomic E-state index is 0.138. The third-order valence-electron chi connectivity index (χ3n) is 4.32. The van der Waals surface area contributed by atoms with Crippen molar-refractivity contribution in [2.45, 2.75) is 38.8 Å². The Bertz CT molecular complexity index is 639. The highest BCUT2D eigenvalue weighted by molar-refractivity contribution is 5.93. The number of ether oxygens (including phenoxy) is 1. The number of carbonyl (C=O) groups is 2. The summed E-state index contributed by atoms with van der Waals surface area (Å²) in [7, 11) is 0. The number of alkyl halides is 3. The number of piperidine rings is 1. The fourth-order valence-corrected chi connectivity index (χ4v) is 2.91. The standard InChI is InChI=1S/C18H23F3N2O3/c1-12(2)14-5-3-4-6-15(14)22-16(24)13-7-9-23(10-8-13)17(25)26-11-18(19,20)21/h3-6,12-13H,7-11H2,1-2H3,(H,22,24). The van der Waals surface area contributed by atoms with E-state index in [2.05, 4.69) is 10.1 Å². The number of rotatable bonds is 4. The van der Waals surface area contributed by atoms with Crippen molar-refractivity contribution in [3.05, 3.63) is 29.8 Å². The van der Waals surface area contributed by atoms with Gasteiger partial charge in [0.25, 0.3) is 0 Å². The molecule has 0 aromatic heterocycles. The summed E-state index contributed by atoms with van der Waals surface area (Å²) in [5, 5.41) is 2.93. The molecule has 1 aromatic carbocycles. The van der Waals surface area contributed by atoms with E-state index >= 15 is 0 Å². The summed E-state index contributed by atoms with van der Waals surface area (Å²) in [4.78, 5) is 25.3. The molecule has 0 radical (unpaired) electrons. The maximum atomic E-state index is 12.5. The number of nitrogens with one attached hydrogen (secondary N) is 1. The van der Waals surface area contributed by atoms with Crippen LogP contribution in [0.4, 0.5) is 23.7 Å². The van der Waals surface area contributed by atoms with Crippen molar-refractivity contribution in [3.8, 4) is 0 Å². The first-order valence-corrected chi connectivity index (χ1v) is 8.55. The minimum Gasteiger partial charge on any atom is -0.440 e. The first-order chi connectivity index (χ1) is 12.2. The van der Waals surface area contributed by atoms with Gasteiger partial charge in [-0.3, -0.25) is 4.79 Å². The Morgan fingerprint density at radius 3 is 2.42 bits per heavy atom. The SMILES string of the molecule is CC(C)c1ccccc1NC(=O)C1CCN(C(=O)OCC(F)(F)F)CC1. The molecule has 0 atom stereocenters. The Morgan fingerprint density at radius 2 is 1.85 bits per heavy atom. The number of hydrogen-bond acceptors (Lipinski definition) is 3. The molecule has 8 heteroatoms. The molecule has 1 heterocycles. The van der Waals surface area contributed by atoms with Gasteiger partial charge in [0, 0.05) is 24.7 Å². The van der Waals surface area contributed by atoms with Gasteiger partial charge in [0.05, 0.1) is 0 Å². The maximum Gasteiger partial charge on any atom is 0.422 e. The van der Waals surface area contributed by atoms with E-state index in [4.69, 9.17) is 0 Å². The molecule has 1 saturated heterocycles. The molecular formula is C18H23F3N2O3. The van der Waals surface area contributed by atoms with E-state index in [1.54, 1.807) is 0 Å². The molecule has 0 spiro atoms. The number of nitrogens with zero attached hydrogens (tertiary/aromatic N) is 1. The predicted octanol–water partition coefficient (Wildman–Crippen LogP) is 4.16. The number of anilines is 1. The van der Waals surface area contributed by atoms with Gasteiger partial charge in [-0.1, -0.05) is 32.0 Å². The largest absolute Gasteiger partial charge is 0.440 e. The molecule has 0 unspecified atom stereocenters. The van der Waals surface area contributed by atoms with Crippen LogP contribution in [0.3, 0.4) is 0 Å². The van der Waals surface area contributed by atoms with Crippen molar-refractivity contribution in [1.29, 1.82) is 0 Å². The monoisotopic (exact) mass is 372 g/mol. The van der Waals surface area contributed by atoms with Crippen LogP contribution < -0.4 is 5.32 Å². The van der Waals surface area contributed by atoms with Crippen molar-refractivity contribution in [2.75, 3.05) is 25.0 Å². The van der Waals surface area contributed by atoms with Crippen LogP contribution in [0.1, 0.15) is 38.2 Å². The Morgan fingerprint density at radius 1 is 1.23 bits per heavy atom. The van der Waals surface area contributed by atoms with Gasteiger partial charge in [-0.2, -0.15) is 13.2 Å². The zero-order valence-electron chi connectivity index (χ0n) is 14.8. The molecule has 144 valence electrons. The number of benzene rings is 1. The topological polar surface area (TPSA) is 58.6 Å². The van der Waals surface area contributed by atoms with E-state index in [9.17, 15) is 22.8 Å². The summed E-state index contributed by atoms with van der Waals surface area (Å²) in [6.07, 6.45) is -4.77. The Hall–Kier alpha value is -2.25. The van der Waals surface area contributed by atoms with Gasteiger partial charge >= 0.3 is 12.3 Å². The summed E-state index contributed by atoms with van der Waals surface area (Å²) in [5.41, 5.74) is 1.80. The van der Waals surface area contributed by atoms with Crippen molar-refractivity contribution >= 4 is 17.7 Å². The summed E-state index contributed by atoms with van der Waals surface area (Å²) in [6, 6.07) is 7.56. The van der Waals surface area contributed by atoms with Gasteiger partial charge in [-0.15, -0.1) is 0 Å². The number of para-hydroxylation sites is 1. The van der Waals surface area contributed by atoms with E-state index in [1.165, 1.54) is 4.90 Å². The van der Waals surface area contributed by atoms with E-state index in [1.807, 2.05) is 38.1 Å². The first-order valence-electron chi connectivity index (χ1n) is 8.55. The highest BCUT2D eigenvalue weighted by atomic mass is 19.4. The second-order valence-electron chi connectivity index (χ2n) is 6.66. The third-order valence-corrected chi connectivity index (χ3v) is 4.32. The van der Waals surface area contributed by atoms with Crippen LogP contribution in [-0.2, 0) is 9.53 Å². The van der Waals surface area contributed by atoms with Crippen LogP contribution in [-0.4, -0.2) is 42.8 Å². The molecule has 0 aliphatic carbocycles. The average molecular weight is 372 g/mol. The lowest BCUT2D eigenvalue weighted by atomic mass is 9.95. The van der Waals surface area contributed by atoms with E-state index in [0.29, 0.717) is 12.8 Å². The van der Waals surface area contributed by atoms with Crippen molar-refractivity contribution in [3.63, 3.8) is 0 Å². The second-order valence-corrected chi connectivity index (χ2v) is 6.66. The number of halogens is 3. The molecule has 2 rings (SSSR count). The fraction of sp³-hybridized carbons (Fsp3) is 0.556. The summed E-state index contributed by atoms with van der Waals surface area (Å²) in [6.45, 7) is 2.87. The zero-order valence-corrected chi connectivity index (χ0v) is 14.8. The molecule has 1 N–H and O–H groups in total. The van der Waals surface area contributed by atoms with Gasteiger partial charge in [-0.05, 0) is 30.4 Å². The van der Waals surface area contributed by atoms with Crippen LogP contribution in [0.15, 0.2) is 24.3 Å². The summed E-state index contributed by atoms with van der Waals surface area (Å²) < 4.78 is 40.5. The minimum atomic E-state index is -4.54. The van der Waals surface area contributed by atoms with E-state index in [-0.39, 0.29) is 30.8 Å². The van der Waals surface area contributed by atoms with Gasteiger partial charge in [0.2, 0.25) is 5.91 Å². The number of amides is 2. The lowest BCUT2D eigenvalue weighted by molar-refractivity contribution is -0.162. The summed E-state index contributed by atoms with van der Waals surface area (Å²) >= 11 is 0. The number of likely N-dealkylation sites (tertiary alicyclic amines) is 1. The highest BCUT2D eigenvalue weighted by Gasteiger charge is 2.33. The van der Waals surface area contributed by atoms with Gasteiger partial charge in [0.15, 0.2) is 6.61 Å². The maximum absolute atomic E-state index is 12.5. The molecule has 1 aromatic rings. The molecule has 1 fully saturated rings. The quantitative estimate of drug-likeness (QED) is 0.863. The molecular weight excluding hydrogens is 349 g/mol. The molecule has 2 amide bonds. The molecule has 5 nitrogen and oxygen atoms in total. The first kappa shape index (κ1) is 20.1. The second kappa shape index (κ2) is 8.42. The van der Waals surface area contributed by atoms with Gasteiger partial charge < -0.3 is 15.0 Å². The van der Waals surface area contributed by atoms with Crippen LogP contribution in [0, 0.1) is 5.92 Å². The molecule has 1 aliphatic rings. The van der Waals surface area contributed by atoms with Crippen LogP contribution in [0.25, 0.3) is 0 Å². The van der Waals surface area contributed by atoms with Crippen LogP contribution >= 0.6 is 0 Å². The van der Waals surface area contributed by atoms with Crippen molar-refractivity contribution < 1.29 is 27.5 Å². The number of carbonyl (C=O) groups excluding carboxylic acids is 2. The van der Waals surface area contributed by atoms with E-state index in [0.717, 1.165) is 11.3 Å². The molecule has 1 aliphatic heterocycles. The third kappa shape index (κ3) is 5.64.